The molecule has 0 saturated carbocycles. The van der Waals surface area contributed by atoms with E-state index in [2.05, 4.69) is 38.1 Å². The minimum atomic E-state index is 0.722. The zero-order valence-electron chi connectivity index (χ0n) is 12.8. The Kier molecular flexibility index (Phi) is 5.17. The van der Waals surface area contributed by atoms with E-state index < -0.39 is 0 Å². The highest BCUT2D eigenvalue weighted by molar-refractivity contribution is 9.10. The first-order valence-corrected chi connectivity index (χ1v) is 7.79. The number of aromatic nitrogens is 2. The molecule has 112 valence electrons. The number of benzene rings is 1. The Morgan fingerprint density at radius 3 is 2.62 bits per heavy atom. The minimum absolute atomic E-state index is 0.722. The molecule has 0 radical (unpaired) electrons. The standard InChI is InChI=1S/C16H20BrN3O/c1-5-8-18-16-14(17)11(3)19-15(20-16)12-6-7-13(21-4)10(2)9-12/h6-7,9H,5,8H2,1-4H3,(H,18,19,20). The fourth-order valence-electron chi connectivity index (χ4n) is 2.07. The lowest BCUT2D eigenvalue weighted by molar-refractivity contribution is 0.412. The molecule has 1 N–H and O–H groups in total. The summed E-state index contributed by atoms with van der Waals surface area (Å²) >= 11 is 3.55. The van der Waals surface area contributed by atoms with Crippen LogP contribution in [-0.2, 0) is 0 Å². The van der Waals surface area contributed by atoms with E-state index in [-0.39, 0.29) is 0 Å². The van der Waals surface area contributed by atoms with E-state index in [1.165, 1.54) is 0 Å². The maximum absolute atomic E-state index is 5.29. The molecule has 4 nitrogen and oxygen atoms in total. The summed E-state index contributed by atoms with van der Waals surface area (Å²) in [5, 5.41) is 3.33. The maximum atomic E-state index is 5.29. The van der Waals surface area contributed by atoms with Gasteiger partial charge in [0, 0.05) is 12.1 Å². The normalized spacial score (nSPS) is 10.5. The van der Waals surface area contributed by atoms with E-state index in [0.717, 1.165) is 51.7 Å². The molecule has 0 bridgehead atoms. The van der Waals surface area contributed by atoms with Gasteiger partial charge in [0.15, 0.2) is 5.82 Å². The molecule has 0 saturated heterocycles. The van der Waals surface area contributed by atoms with Gasteiger partial charge in [-0.3, -0.25) is 0 Å². The van der Waals surface area contributed by atoms with Crippen LogP contribution in [0.25, 0.3) is 11.4 Å². The van der Waals surface area contributed by atoms with Crippen molar-refractivity contribution in [2.45, 2.75) is 27.2 Å². The molecule has 0 aliphatic carbocycles. The van der Waals surface area contributed by atoms with Gasteiger partial charge in [0.05, 0.1) is 17.3 Å². The summed E-state index contributed by atoms with van der Waals surface area (Å²) in [6.45, 7) is 7.01. The first-order chi connectivity index (χ1) is 10.1. The molecule has 0 unspecified atom stereocenters. The van der Waals surface area contributed by atoms with E-state index in [1.54, 1.807) is 7.11 Å². The average Bonchev–Trinajstić information content (AvgIpc) is 2.48. The smallest absolute Gasteiger partial charge is 0.161 e. The Morgan fingerprint density at radius 1 is 1.24 bits per heavy atom. The van der Waals surface area contributed by atoms with Gasteiger partial charge in [-0.05, 0) is 60.0 Å². The quantitative estimate of drug-likeness (QED) is 0.871. The van der Waals surface area contributed by atoms with Gasteiger partial charge in [-0.1, -0.05) is 6.92 Å². The Balaban J connectivity index is 2.43. The highest BCUT2D eigenvalue weighted by Crippen LogP contribution is 2.29. The number of hydrogen-bond acceptors (Lipinski definition) is 4. The lowest BCUT2D eigenvalue weighted by atomic mass is 10.1. The zero-order valence-corrected chi connectivity index (χ0v) is 14.4. The fraction of sp³-hybridized carbons (Fsp3) is 0.375. The van der Waals surface area contributed by atoms with E-state index in [1.807, 2.05) is 32.0 Å². The number of aryl methyl sites for hydroxylation is 2. The number of halogens is 1. The van der Waals surface area contributed by atoms with Crippen molar-refractivity contribution in [3.63, 3.8) is 0 Å². The summed E-state index contributed by atoms with van der Waals surface area (Å²) in [6, 6.07) is 5.98. The second-order valence-corrected chi connectivity index (χ2v) is 5.70. The third-order valence-electron chi connectivity index (χ3n) is 3.21. The third kappa shape index (κ3) is 3.53. The summed E-state index contributed by atoms with van der Waals surface area (Å²) in [5.74, 6) is 2.43. The average molecular weight is 350 g/mol. The highest BCUT2D eigenvalue weighted by Gasteiger charge is 2.11. The van der Waals surface area contributed by atoms with Crippen molar-refractivity contribution >= 4 is 21.7 Å². The van der Waals surface area contributed by atoms with Gasteiger partial charge < -0.3 is 10.1 Å². The van der Waals surface area contributed by atoms with Crippen molar-refractivity contribution in [3.8, 4) is 17.1 Å². The predicted molar refractivity (Wildman–Crippen MR) is 90.0 cm³/mol. The molecule has 2 rings (SSSR count). The topological polar surface area (TPSA) is 47.0 Å². The van der Waals surface area contributed by atoms with Crippen molar-refractivity contribution in [1.29, 1.82) is 0 Å². The molecule has 0 fully saturated rings. The van der Waals surface area contributed by atoms with E-state index in [0.29, 0.717) is 0 Å². The molecule has 1 heterocycles. The number of ether oxygens (including phenoxy) is 1. The Bertz CT molecular complexity index is 644. The predicted octanol–water partition coefficient (Wildman–Crippen LogP) is 4.35. The van der Waals surface area contributed by atoms with Crippen LogP contribution < -0.4 is 10.1 Å². The molecular weight excluding hydrogens is 330 g/mol. The lowest BCUT2D eigenvalue weighted by Gasteiger charge is -2.12. The number of nitrogens with one attached hydrogen (secondary N) is 1. The molecule has 21 heavy (non-hydrogen) atoms. The van der Waals surface area contributed by atoms with Crippen molar-refractivity contribution in [1.82, 2.24) is 9.97 Å². The lowest BCUT2D eigenvalue weighted by Crippen LogP contribution is -2.06. The molecule has 0 aliphatic heterocycles. The molecule has 0 aliphatic rings. The second kappa shape index (κ2) is 6.89. The number of hydrogen-bond donors (Lipinski definition) is 1. The second-order valence-electron chi connectivity index (χ2n) is 4.91. The monoisotopic (exact) mass is 349 g/mol. The number of rotatable bonds is 5. The molecule has 1 aromatic heterocycles. The van der Waals surface area contributed by atoms with Crippen LogP contribution in [0.4, 0.5) is 5.82 Å². The van der Waals surface area contributed by atoms with Crippen LogP contribution in [0.15, 0.2) is 22.7 Å². The van der Waals surface area contributed by atoms with Crippen LogP contribution >= 0.6 is 15.9 Å². The first-order valence-electron chi connectivity index (χ1n) is 6.99. The highest BCUT2D eigenvalue weighted by atomic mass is 79.9. The third-order valence-corrected chi connectivity index (χ3v) is 4.16. The Hall–Kier alpha value is -1.62. The molecule has 0 spiro atoms. The van der Waals surface area contributed by atoms with Gasteiger partial charge in [-0.15, -0.1) is 0 Å². The van der Waals surface area contributed by atoms with Gasteiger partial charge in [0.2, 0.25) is 0 Å². The van der Waals surface area contributed by atoms with Gasteiger partial charge in [0.1, 0.15) is 11.6 Å². The van der Waals surface area contributed by atoms with E-state index in [9.17, 15) is 0 Å². The molecule has 2 aromatic rings. The van der Waals surface area contributed by atoms with Crippen LogP contribution in [0.3, 0.4) is 0 Å². The fourth-order valence-corrected chi connectivity index (χ4v) is 2.38. The SMILES string of the molecule is CCCNc1nc(-c2ccc(OC)c(C)c2)nc(C)c1Br. The molecule has 1 aromatic carbocycles. The van der Waals surface area contributed by atoms with Gasteiger partial charge in [-0.2, -0.15) is 0 Å². The number of anilines is 1. The van der Waals surface area contributed by atoms with E-state index >= 15 is 0 Å². The molecule has 5 heteroatoms. The van der Waals surface area contributed by atoms with Gasteiger partial charge in [-0.25, -0.2) is 9.97 Å². The summed E-state index contributed by atoms with van der Waals surface area (Å²) in [7, 11) is 1.68. The molecule has 0 atom stereocenters. The molecule has 0 amide bonds. The van der Waals surface area contributed by atoms with Crippen LogP contribution in [-0.4, -0.2) is 23.6 Å². The van der Waals surface area contributed by atoms with Crippen molar-refractivity contribution in [3.05, 3.63) is 33.9 Å². The maximum Gasteiger partial charge on any atom is 0.161 e. The minimum Gasteiger partial charge on any atom is -0.496 e. The first kappa shape index (κ1) is 15.8. The van der Waals surface area contributed by atoms with E-state index in [4.69, 9.17) is 4.74 Å². The van der Waals surface area contributed by atoms with Crippen molar-refractivity contribution in [2.24, 2.45) is 0 Å². The van der Waals surface area contributed by atoms with Gasteiger partial charge >= 0.3 is 0 Å². The number of methoxy groups -OCH3 is 1. The largest absolute Gasteiger partial charge is 0.496 e. The summed E-state index contributed by atoms with van der Waals surface area (Å²) in [4.78, 5) is 9.20. The summed E-state index contributed by atoms with van der Waals surface area (Å²) in [5.41, 5.74) is 2.98. The Morgan fingerprint density at radius 2 is 2.00 bits per heavy atom. The molecular formula is C16H20BrN3O. The summed E-state index contributed by atoms with van der Waals surface area (Å²) in [6.07, 6.45) is 1.05. The van der Waals surface area contributed by atoms with Crippen LogP contribution in [0.5, 0.6) is 5.75 Å². The van der Waals surface area contributed by atoms with Crippen molar-refractivity contribution < 1.29 is 4.74 Å². The number of nitrogens with zero attached hydrogens (tertiary/aromatic N) is 2. The van der Waals surface area contributed by atoms with Crippen molar-refractivity contribution in [2.75, 3.05) is 19.0 Å². The van der Waals surface area contributed by atoms with Gasteiger partial charge in [0.25, 0.3) is 0 Å². The van der Waals surface area contributed by atoms with Crippen LogP contribution in [0, 0.1) is 13.8 Å². The summed E-state index contributed by atoms with van der Waals surface area (Å²) < 4.78 is 6.22. The van der Waals surface area contributed by atoms with Crippen LogP contribution in [0.2, 0.25) is 0 Å². The Labute approximate surface area is 134 Å². The zero-order chi connectivity index (χ0) is 15.4. The van der Waals surface area contributed by atoms with Crippen LogP contribution in [0.1, 0.15) is 24.6 Å².